The molecule has 4 rings (SSSR count). The number of methoxy groups -OCH3 is 1. The molecule has 0 saturated carbocycles. The van der Waals surface area contributed by atoms with Gasteiger partial charge in [0.1, 0.15) is 11.4 Å². The van der Waals surface area contributed by atoms with E-state index in [1.807, 2.05) is 60.7 Å². The molecule has 4 aromatic rings. The van der Waals surface area contributed by atoms with Crippen molar-refractivity contribution in [1.82, 2.24) is 20.4 Å². The molecule has 0 spiro atoms. The molecule has 0 atom stereocenters. The van der Waals surface area contributed by atoms with E-state index >= 15 is 0 Å². The van der Waals surface area contributed by atoms with E-state index in [1.165, 1.54) is 0 Å². The summed E-state index contributed by atoms with van der Waals surface area (Å²) in [7, 11) is 3.17. The molecular formula is C26H24N4O3. The van der Waals surface area contributed by atoms with E-state index in [9.17, 15) is 9.59 Å². The van der Waals surface area contributed by atoms with E-state index in [2.05, 4.69) is 10.6 Å². The van der Waals surface area contributed by atoms with Crippen LogP contribution < -0.4 is 15.4 Å². The number of benzene rings is 3. The Hall–Kier alpha value is -4.39. The zero-order chi connectivity index (χ0) is 23.2. The Bertz CT molecular complexity index is 1280. The Labute approximate surface area is 192 Å². The van der Waals surface area contributed by atoms with Gasteiger partial charge in [-0.05, 0) is 42.0 Å². The Kier molecular flexibility index (Phi) is 6.50. The lowest BCUT2D eigenvalue weighted by molar-refractivity contribution is 0.0949. The maximum atomic E-state index is 13.2. The first-order valence-corrected chi connectivity index (χ1v) is 10.5. The van der Waals surface area contributed by atoms with Gasteiger partial charge in [0.2, 0.25) is 0 Å². The molecule has 0 aliphatic heterocycles. The van der Waals surface area contributed by atoms with Crippen LogP contribution in [0, 0.1) is 0 Å². The van der Waals surface area contributed by atoms with Crippen LogP contribution in [0.15, 0.2) is 85.1 Å². The van der Waals surface area contributed by atoms with Crippen molar-refractivity contribution in [2.24, 2.45) is 0 Å². The quantitative estimate of drug-likeness (QED) is 0.457. The molecule has 0 radical (unpaired) electrons. The van der Waals surface area contributed by atoms with Gasteiger partial charge in [-0.25, -0.2) is 4.68 Å². The van der Waals surface area contributed by atoms with E-state index in [4.69, 9.17) is 9.84 Å². The van der Waals surface area contributed by atoms with Gasteiger partial charge in [0.05, 0.1) is 18.4 Å². The lowest BCUT2D eigenvalue weighted by Gasteiger charge is -2.09. The maximum absolute atomic E-state index is 13.2. The molecular weight excluding hydrogens is 416 g/mol. The molecule has 166 valence electrons. The molecule has 0 aliphatic rings. The normalized spacial score (nSPS) is 10.5. The predicted octanol–water partition coefficient (Wildman–Crippen LogP) is 3.84. The van der Waals surface area contributed by atoms with Crippen molar-refractivity contribution in [2.45, 2.75) is 6.54 Å². The highest BCUT2D eigenvalue weighted by atomic mass is 16.5. The number of carbonyl (C=O) groups excluding carboxylic acids is 2. The molecule has 1 heterocycles. The molecule has 7 heteroatoms. The lowest BCUT2D eigenvalue weighted by Crippen LogP contribution is -2.23. The molecule has 1 aromatic heterocycles. The van der Waals surface area contributed by atoms with Gasteiger partial charge in [0, 0.05) is 30.9 Å². The third kappa shape index (κ3) is 4.77. The van der Waals surface area contributed by atoms with Gasteiger partial charge in [-0.1, -0.05) is 42.5 Å². The van der Waals surface area contributed by atoms with Gasteiger partial charge in [-0.15, -0.1) is 0 Å². The van der Waals surface area contributed by atoms with Gasteiger partial charge in [0.15, 0.2) is 0 Å². The van der Waals surface area contributed by atoms with Crippen molar-refractivity contribution < 1.29 is 14.3 Å². The topological polar surface area (TPSA) is 85.3 Å². The monoisotopic (exact) mass is 440 g/mol. The van der Waals surface area contributed by atoms with Crippen LogP contribution in [0.1, 0.15) is 26.3 Å². The molecule has 7 nitrogen and oxygen atoms in total. The fraction of sp³-hybridized carbons (Fsp3) is 0.115. The summed E-state index contributed by atoms with van der Waals surface area (Å²) >= 11 is 0. The average molecular weight is 441 g/mol. The van der Waals surface area contributed by atoms with Crippen LogP contribution in [0.3, 0.4) is 0 Å². The van der Waals surface area contributed by atoms with E-state index in [0.29, 0.717) is 22.6 Å². The Morgan fingerprint density at radius 1 is 0.939 bits per heavy atom. The lowest BCUT2D eigenvalue weighted by atomic mass is 10.1. The summed E-state index contributed by atoms with van der Waals surface area (Å²) < 4.78 is 7.19. The van der Waals surface area contributed by atoms with E-state index in [0.717, 1.165) is 16.8 Å². The van der Waals surface area contributed by atoms with Gasteiger partial charge < -0.3 is 15.4 Å². The first-order valence-electron chi connectivity index (χ1n) is 10.5. The smallest absolute Gasteiger partial charge is 0.255 e. The molecule has 2 N–H and O–H groups in total. The second-order valence-corrected chi connectivity index (χ2v) is 7.33. The van der Waals surface area contributed by atoms with Crippen LogP contribution in [0.25, 0.3) is 16.9 Å². The summed E-state index contributed by atoms with van der Waals surface area (Å²) in [5, 5.41) is 10.3. The number of nitrogens with zero attached hydrogens (tertiary/aromatic N) is 2. The van der Waals surface area contributed by atoms with Crippen LogP contribution in [0.5, 0.6) is 5.75 Å². The third-order valence-corrected chi connectivity index (χ3v) is 5.21. The number of ether oxygens (including phenoxy) is 1. The van der Waals surface area contributed by atoms with Gasteiger partial charge >= 0.3 is 0 Å². The van der Waals surface area contributed by atoms with E-state index < -0.39 is 0 Å². The van der Waals surface area contributed by atoms with Crippen LogP contribution in [0.4, 0.5) is 0 Å². The highest BCUT2D eigenvalue weighted by Gasteiger charge is 2.21. The summed E-state index contributed by atoms with van der Waals surface area (Å²) in [5.74, 6) is 0.178. The standard InChI is InChI=1S/C26H24N4O3/c1-27-25(31)19-10-8-9-18(15-19)16-28-26(32)22-17-30(20-11-4-3-5-12-20)29-24(22)21-13-6-7-14-23(21)33-2/h3-15,17H,16H2,1-2H3,(H,27,31)(H,28,32). The van der Waals surface area contributed by atoms with Crippen LogP contribution in [0.2, 0.25) is 0 Å². The molecule has 2 amide bonds. The molecule has 3 aromatic carbocycles. The fourth-order valence-electron chi connectivity index (χ4n) is 3.54. The Balaban J connectivity index is 1.66. The SMILES string of the molecule is CNC(=O)c1cccc(CNC(=O)c2cn(-c3ccccc3)nc2-c2ccccc2OC)c1. The largest absolute Gasteiger partial charge is 0.496 e. The molecule has 0 saturated heterocycles. The highest BCUT2D eigenvalue weighted by molar-refractivity contribution is 6.00. The van der Waals surface area contributed by atoms with Crippen molar-refractivity contribution in [3.05, 3.63) is 102 Å². The average Bonchev–Trinajstić information content (AvgIpc) is 3.33. The van der Waals surface area contributed by atoms with Crippen LogP contribution >= 0.6 is 0 Å². The van der Waals surface area contributed by atoms with Gasteiger partial charge in [0.25, 0.3) is 11.8 Å². The van der Waals surface area contributed by atoms with Gasteiger partial charge in [-0.3, -0.25) is 9.59 Å². The second-order valence-electron chi connectivity index (χ2n) is 7.33. The number of hydrogen-bond donors (Lipinski definition) is 2. The molecule has 0 bridgehead atoms. The van der Waals surface area contributed by atoms with Crippen molar-refractivity contribution in [2.75, 3.05) is 14.2 Å². The number of para-hydroxylation sites is 2. The second kappa shape index (κ2) is 9.82. The molecule has 0 unspecified atom stereocenters. The minimum atomic E-state index is -0.275. The van der Waals surface area contributed by atoms with Crippen molar-refractivity contribution >= 4 is 11.8 Å². The van der Waals surface area contributed by atoms with Crippen molar-refractivity contribution in [1.29, 1.82) is 0 Å². The maximum Gasteiger partial charge on any atom is 0.255 e. The number of rotatable bonds is 7. The first kappa shape index (κ1) is 21.8. The Morgan fingerprint density at radius 3 is 2.45 bits per heavy atom. The van der Waals surface area contributed by atoms with E-state index in [-0.39, 0.29) is 18.4 Å². The predicted molar refractivity (Wildman–Crippen MR) is 127 cm³/mol. The van der Waals surface area contributed by atoms with Crippen molar-refractivity contribution in [3.8, 4) is 22.7 Å². The number of hydrogen-bond acceptors (Lipinski definition) is 4. The minimum Gasteiger partial charge on any atom is -0.496 e. The number of aromatic nitrogens is 2. The fourth-order valence-corrected chi connectivity index (χ4v) is 3.54. The zero-order valence-electron chi connectivity index (χ0n) is 18.4. The summed E-state index contributed by atoms with van der Waals surface area (Å²) in [6, 6.07) is 24.2. The first-order chi connectivity index (χ1) is 16.1. The molecule has 0 aliphatic carbocycles. The van der Waals surface area contributed by atoms with Gasteiger partial charge in [-0.2, -0.15) is 5.10 Å². The minimum absolute atomic E-state index is 0.175. The van der Waals surface area contributed by atoms with Crippen LogP contribution in [-0.2, 0) is 6.54 Å². The highest BCUT2D eigenvalue weighted by Crippen LogP contribution is 2.31. The Morgan fingerprint density at radius 2 is 1.70 bits per heavy atom. The summed E-state index contributed by atoms with van der Waals surface area (Å²) in [6.07, 6.45) is 1.72. The van der Waals surface area contributed by atoms with E-state index in [1.54, 1.807) is 43.2 Å². The summed E-state index contributed by atoms with van der Waals surface area (Å²) in [5.41, 5.74) is 3.86. The number of nitrogens with one attached hydrogen (secondary N) is 2. The summed E-state index contributed by atoms with van der Waals surface area (Å²) in [6.45, 7) is 0.269. The summed E-state index contributed by atoms with van der Waals surface area (Å²) in [4.78, 5) is 25.2. The van der Waals surface area contributed by atoms with Crippen LogP contribution in [-0.4, -0.2) is 35.8 Å². The zero-order valence-corrected chi connectivity index (χ0v) is 18.4. The molecule has 33 heavy (non-hydrogen) atoms. The molecule has 0 fully saturated rings. The number of carbonyl (C=O) groups is 2. The van der Waals surface area contributed by atoms with Crippen molar-refractivity contribution in [3.63, 3.8) is 0 Å². The number of amides is 2. The third-order valence-electron chi connectivity index (χ3n) is 5.21.